The minimum atomic E-state index is -4.55. The average molecular weight is 421 g/mol. The van der Waals surface area contributed by atoms with Crippen molar-refractivity contribution in [3.63, 3.8) is 0 Å². The fourth-order valence-corrected chi connectivity index (χ4v) is 4.09. The summed E-state index contributed by atoms with van der Waals surface area (Å²) in [5.74, 6) is 0.250. The van der Waals surface area contributed by atoms with Crippen LogP contribution in [0.15, 0.2) is 70.0 Å². The molecule has 0 aliphatic carbocycles. The molecular formula is C20H14F3NO4S. The smallest absolute Gasteiger partial charge is 0.416 e. The number of sulfonamides is 1. The van der Waals surface area contributed by atoms with Crippen molar-refractivity contribution in [3.05, 3.63) is 66.2 Å². The maximum absolute atomic E-state index is 12.7. The Hall–Kier alpha value is -3.20. The van der Waals surface area contributed by atoms with Gasteiger partial charge < -0.3 is 9.15 Å². The number of ether oxygens (including phenoxy) is 1. The summed E-state index contributed by atoms with van der Waals surface area (Å²) in [6.45, 7) is 0. The Morgan fingerprint density at radius 1 is 0.931 bits per heavy atom. The summed E-state index contributed by atoms with van der Waals surface area (Å²) in [7, 11) is -2.76. The molecule has 0 spiro atoms. The van der Waals surface area contributed by atoms with Crippen LogP contribution in [-0.4, -0.2) is 15.5 Å². The first-order valence-electron chi connectivity index (χ1n) is 8.38. The molecule has 0 amide bonds. The highest BCUT2D eigenvalue weighted by Crippen LogP contribution is 2.37. The van der Waals surface area contributed by atoms with E-state index in [9.17, 15) is 21.6 Å². The molecule has 0 atom stereocenters. The van der Waals surface area contributed by atoms with E-state index in [0.717, 1.165) is 22.9 Å². The number of para-hydroxylation sites is 1. The lowest BCUT2D eigenvalue weighted by atomic mass is 10.1. The Labute approximate surface area is 163 Å². The fourth-order valence-electron chi connectivity index (χ4n) is 3.03. The molecule has 5 nitrogen and oxygen atoms in total. The van der Waals surface area contributed by atoms with Crippen LogP contribution in [0, 0.1) is 0 Å². The van der Waals surface area contributed by atoms with Gasteiger partial charge in [0, 0.05) is 16.8 Å². The molecule has 0 radical (unpaired) electrons. The molecule has 9 heteroatoms. The number of hydrogen-bond acceptors (Lipinski definition) is 4. The highest BCUT2D eigenvalue weighted by Gasteiger charge is 2.30. The summed E-state index contributed by atoms with van der Waals surface area (Å²) in [6.07, 6.45) is -4.55. The van der Waals surface area contributed by atoms with Gasteiger partial charge in [0.1, 0.15) is 16.9 Å². The van der Waals surface area contributed by atoms with Crippen LogP contribution in [0.2, 0.25) is 0 Å². The van der Waals surface area contributed by atoms with Gasteiger partial charge in [-0.3, -0.25) is 4.72 Å². The maximum atomic E-state index is 12.7. The van der Waals surface area contributed by atoms with Crippen LogP contribution in [0.3, 0.4) is 0 Å². The van der Waals surface area contributed by atoms with Crippen LogP contribution in [0.5, 0.6) is 5.75 Å². The third kappa shape index (κ3) is 3.49. The third-order valence-electron chi connectivity index (χ3n) is 4.44. The molecule has 29 heavy (non-hydrogen) atoms. The quantitative estimate of drug-likeness (QED) is 0.478. The number of benzene rings is 3. The predicted octanol–water partition coefficient (Wildman–Crippen LogP) is 5.41. The number of anilines is 1. The Bertz CT molecular complexity index is 1310. The highest BCUT2D eigenvalue weighted by atomic mass is 32.2. The third-order valence-corrected chi connectivity index (χ3v) is 5.82. The van der Waals surface area contributed by atoms with Crippen LogP contribution >= 0.6 is 0 Å². The van der Waals surface area contributed by atoms with Crippen LogP contribution in [-0.2, 0) is 16.2 Å². The first-order chi connectivity index (χ1) is 13.7. The second-order valence-corrected chi connectivity index (χ2v) is 7.96. The normalized spacial score (nSPS) is 12.4. The summed E-state index contributed by atoms with van der Waals surface area (Å²) >= 11 is 0. The van der Waals surface area contributed by atoms with Gasteiger partial charge in [0.15, 0.2) is 0 Å². The standard InChI is InChI=1S/C20H14F3NO4S/c1-27-19-10-15-14-4-2-3-5-17(14)28-18(15)11-16(19)24-29(25,26)13-8-6-12(7-9-13)20(21,22)23/h2-11,24H,1H3. The molecule has 0 aliphatic heterocycles. The molecule has 0 fully saturated rings. The van der Waals surface area contributed by atoms with E-state index in [1.54, 1.807) is 12.1 Å². The van der Waals surface area contributed by atoms with E-state index in [4.69, 9.17) is 9.15 Å². The molecule has 0 saturated heterocycles. The number of alkyl halides is 3. The van der Waals surface area contributed by atoms with Crippen molar-refractivity contribution in [2.24, 2.45) is 0 Å². The lowest BCUT2D eigenvalue weighted by Gasteiger charge is -2.13. The van der Waals surface area contributed by atoms with Gasteiger partial charge in [-0.25, -0.2) is 8.42 Å². The average Bonchev–Trinajstić information content (AvgIpc) is 3.03. The summed E-state index contributed by atoms with van der Waals surface area (Å²) in [5, 5.41) is 1.59. The van der Waals surface area contributed by atoms with Crippen LogP contribution in [0.4, 0.5) is 18.9 Å². The summed E-state index contributed by atoms with van der Waals surface area (Å²) in [6, 6.07) is 13.7. The zero-order valence-electron chi connectivity index (χ0n) is 14.9. The van der Waals surface area contributed by atoms with Gasteiger partial charge in [-0.1, -0.05) is 18.2 Å². The minimum absolute atomic E-state index is 0.110. The number of methoxy groups -OCH3 is 1. The molecule has 0 aliphatic rings. The highest BCUT2D eigenvalue weighted by molar-refractivity contribution is 7.92. The summed E-state index contributed by atoms with van der Waals surface area (Å²) < 4.78 is 76.8. The topological polar surface area (TPSA) is 68.5 Å². The van der Waals surface area contributed by atoms with Crippen molar-refractivity contribution in [2.75, 3.05) is 11.8 Å². The van der Waals surface area contributed by atoms with Crippen molar-refractivity contribution >= 4 is 37.6 Å². The van der Waals surface area contributed by atoms with E-state index in [2.05, 4.69) is 4.72 Å². The minimum Gasteiger partial charge on any atom is -0.495 e. The van der Waals surface area contributed by atoms with E-state index in [-0.39, 0.29) is 16.3 Å². The van der Waals surface area contributed by atoms with E-state index >= 15 is 0 Å². The lowest BCUT2D eigenvalue weighted by molar-refractivity contribution is -0.137. The second kappa shape index (κ2) is 6.70. The predicted molar refractivity (Wildman–Crippen MR) is 103 cm³/mol. The zero-order chi connectivity index (χ0) is 20.8. The van der Waals surface area contributed by atoms with Gasteiger partial charge in [-0.2, -0.15) is 13.2 Å². The van der Waals surface area contributed by atoms with E-state index in [0.29, 0.717) is 23.3 Å². The van der Waals surface area contributed by atoms with E-state index in [1.165, 1.54) is 13.2 Å². The largest absolute Gasteiger partial charge is 0.495 e. The Balaban J connectivity index is 1.75. The van der Waals surface area contributed by atoms with Crippen molar-refractivity contribution in [2.45, 2.75) is 11.1 Å². The number of rotatable bonds is 4. The number of hydrogen-bond donors (Lipinski definition) is 1. The Morgan fingerprint density at radius 3 is 2.28 bits per heavy atom. The number of fused-ring (bicyclic) bond motifs is 3. The second-order valence-electron chi connectivity index (χ2n) is 6.27. The van der Waals surface area contributed by atoms with Gasteiger partial charge in [-0.05, 0) is 36.4 Å². The van der Waals surface area contributed by atoms with Crippen LogP contribution in [0.25, 0.3) is 21.9 Å². The molecule has 0 unspecified atom stereocenters. The van der Waals surface area contributed by atoms with Gasteiger partial charge in [0.05, 0.1) is 23.3 Å². The van der Waals surface area contributed by atoms with Crippen LogP contribution < -0.4 is 9.46 Å². The Kier molecular flexibility index (Phi) is 4.42. The monoisotopic (exact) mass is 421 g/mol. The van der Waals surface area contributed by atoms with Crippen molar-refractivity contribution in [1.82, 2.24) is 0 Å². The molecule has 4 rings (SSSR count). The molecule has 4 aromatic rings. The SMILES string of the molecule is COc1cc2c(cc1NS(=O)(=O)c1ccc(C(F)(F)F)cc1)oc1ccccc12. The van der Waals surface area contributed by atoms with Crippen LogP contribution in [0.1, 0.15) is 5.56 Å². The molecule has 1 aromatic heterocycles. The molecule has 150 valence electrons. The first-order valence-corrected chi connectivity index (χ1v) is 9.87. The van der Waals surface area contributed by atoms with Crippen molar-refractivity contribution in [1.29, 1.82) is 0 Å². The lowest BCUT2D eigenvalue weighted by Crippen LogP contribution is -2.14. The fraction of sp³-hybridized carbons (Fsp3) is 0.100. The molecule has 1 N–H and O–H groups in total. The van der Waals surface area contributed by atoms with Gasteiger partial charge >= 0.3 is 6.18 Å². The van der Waals surface area contributed by atoms with Gasteiger partial charge in [0.25, 0.3) is 10.0 Å². The molecule has 1 heterocycles. The molecular weight excluding hydrogens is 407 g/mol. The molecule has 0 bridgehead atoms. The molecule has 3 aromatic carbocycles. The Morgan fingerprint density at radius 2 is 1.62 bits per heavy atom. The van der Waals surface area contributed by atoms with Gasteiger partial charge in [0.2, 0.25) is 0 Å². The maximum Gasteiger partial charge on any atom is 0.416 e. The van der Waals surface area contributed by atoms with Crippen molar-refractivity contribution in [3.8, 4) is 5.75 Å². The number of furan rings is 1. The van der Waals surface area contributed by atoms with Crippen molar-refractivity contribution < 1.29 is 30.7 Å². The number of halogens is 3. The first kappa shape index (κ1) is 19.1. The van der Waals surface area contributed by atoms with E-state index in [1.807, 2.05) is 18.2 Å². The summed E-state index contributed by atoms with van der Waals surface area (Å²) in [5.41, 5.74) is 0.251. The van der Waals surface area contributed by atoms with Gasteiger partial charge in [-0.15, -0.1) is 0 Å². The zero-order valence-corrected chi connectivity index (χ0v) is 15.8. The molecule has 0 saturated carbocycles. The number of nitrogens with one attached hydrogen (secondary N) is 1. The van der Waals surface area contributed by atoms with E-state index < -0.39 is 21.8 Å². The summed E-state index contributed by atoms with van der Waals surface area (Å²) in [4.78, 5) is -0.308.